The SMILES string of the molecule is CC1(CCc2ccc(COc3cccc(-c4cc(F)c(Cc5nc6ccc(C(=O)O)cc6n5C[C@@H]5CCO5)cc4F)n3)s2)COC1. The summed E-state index contributed by atoms with van der Waals surface area (Å²) in [5.41, 5.74) is 2.01. The van der Waals surface area contributed by atoms with E-state index >= 15 is 8.78 Å². The zero-order chi connectivity index (χ0) is 31.8. The molecule has 2 saturated heterocycles. The molecule has 0 radical (unpaired) electrons. The molecule has 11 heteroatoms. The lowest BCUT2D eigenvalue weighted by Gasteiger charge is -2.38. The van der Waals surface area contributed by atoms with Crippen LogP contribution < -0.4 is 4.74 Å². The molecule has 2 aromatic carbocycles. The lowest BCUT2D eigenvalue weighted by Crippen LogP contribution is -2.39. The summed E-state index contributed by atoms with van der Waals surface area (Å²) in [7, 11) is 0. The number of carboxylic acids is 1. The molecule has 0 spiro atoms. The van der Waals surface area contributed by atoms with Crippen LogP contribution in [0.2, 0.25) is 0 Å². The quantitative estimate of drug-likeness (QED) is 0.155. The molecule has 5 aromatic rings. The molecule has 2 aliphatic heterocycles. The Morgan fingerprint density at radius 1 is 1.09 bits per heavy atom. The summed E-state index contributed by atoms with van der Waals surface area (Å²) in [6.45, 7) is 5.31. The van der Waals surface area contributed by atoms with Crippen molar-refractivity contribution in [1.29, 1.82) is 0 Å². The van der Waals surface area contributed by atoms with E-state index in [1.54, 1.807) is 41.7 Å². The Morgan fingerprint density at radius 2 is 1.91 bits per heavy atom. The van der Waals surface area contributed by atoms with Crippen LogP contribution in [0.1, 0.15) is 51.3 Å². The first-order valence-corrected chi connectivity index (χ1v) is 16.1. The molecular weight excluding hydrogens is 612 g/mol. The molecule has 238 valence electrons. The maximum absolute atomic E-state index is 15.6. The zero-order valence-corrected chi connectivity index (χ0v) is 26.1. The lowest BCUT2D eigenvalue weighted by molar-refractivity contribution is -0.105. The number of aromatic carboxylic acids is 1. The fourth-order valence-electron chi connectivity index (χ4n) is 5.81. The average molecular weight is 646 g/mol. The van der Waals surface area contributed by atoms with Gasteiger partial charge in [-0.1, -0.05) is 13.0 Å². The molecule has 1 atom stereocenters. The Kier molecular flexibility index (Phi) is 8.31. The van der Waals surface area contributed by atoms with Gasteiger partial charge in [-0.3, -0.25) is 0 Å². The highest BCUT2D eigenvalue weighted by Gasteiger charge is 2.32. The lowest BCUT2D eigenvalue weighted by atomic mass is 9.83. The van der Waals surface area contributed by atoms with Crippen LogP contribution >= 0.6 is 11.3 Å². The fourth-order valence-corrected chi connectivity index (χ4v) is 6.74. The van der Waals surface area contributed by atoms with Crippen LogP contribution in [-0.4, -0.2) is 51.5 Å². The normalized spacial score (nSPS) is 17.1. The van der Waals surface area contributed by atoms with Gasteiger partial charge in [-0.05, 0) is 73.4 Å². The van der Waals surface area contributed by atoms with Gasteiger partial charge < -0.3 is 23.9 Å². The molecule has 0 amide bonds. The molecule has 2 aliphatic rings. The monoisotopic (exact) mass is 645 g/mol. The Balaban J connectivity index is 1.07. The van der Waals surface area contributed by atoms with E-state index in [1.807, 2.05) is 4.57 Å². The molecule has 0 unspecified atom stereocenters. The number of rotatable bonds is 12. The van der Waals surface area contributed by atoms with Crippen molar-refractivity contribution in [3.63, 3.8) is 0 Å². The highest BCUT2D eigenvalue weighted by Crippen LogP contribution is 2.33. The minimum atomic E-state index is -1.05. The summed E-state index contributed by atoms with van der Waals surface area (Å²) >= 11 is 1.70. The second-order valence-corrected chi connectivity index (χ2v) is 13.6. The molecule has 46 heavy (non-hydrogen) atoms. The number of aryl methyl sites for hydroxylation is 1. The predicted molar refractivity (Wildman–Crippen MR) is 169 cm³/mol. The summed E-state index contributed by atoms with van der Waals surface area (Å²) in [5.74, 6) is -1.45. The maximum atomic E-state index is 15.6. The molecule has 7 rings (SSSR count). The number of halogens is 2. The van der Waals surface area contributed by atoms with Crippen molar-refractivity contribution >= 4 is 28.3 Å². The average Bonchev–Trinajstić information content (AvgIpc) is 3.61. The number of benzene rings is 2. The topological polar surface area (TPSA) is 95.7 Å². The Hall–Kier alpha value is -4.19. The molecule has 5 heterocycles. The molecule has 1 N–H and O–H groups in total. The van der Waals surface area contributed by atoms with Gasteiger partial charge in [-0.2, -0.15) is 0 Å². The number of pyridine rings is 1. The van der Waals surface area contributed by atoms with E-state index in [1.165, 1.54) is 17.0 Å². The first-order chi connectivity index (χ1) is 22.2. The van der Waals surface area contributed by atoms with Crippen molar-refractivity contribution in [2.45, 2.75) is 51.9 Å². The van der Waals surface area contributed by atoms with Crippen molar-refractivity contribution in [2.24, 2.45) is 5.41 Å². The third-order valence-corrected chi connectivity index (χ3v) is 9.81. The van der Waals surface area contributed by atoms with Crippen LogP contribution in [0.5, 0.6) is 5.88 Å². The second-order valence-electron chi connectivity index (χ2n) is 12.4. The number of ether oxygens (including phenoxy) is 3. The predicted octanol–water partition coefficient (Wildman–Crippen LogP) is 7.06. The van der Waals surface area contributed by atoms with Gasteiger partial charge in [0, 0.05) is 39.8 Å². The third kappa shape index (κ3) is 6.40. The molecule has 0 saturated carbocycles. The zero-order valence-electron chi connectivity index (χ0n) is 25.3. The molecule has 2 fully saturated rings. The summed E-state index contributed by atoms with van der Waals surface area (Å²) < 4.78 is 49.8. The van der Waals surface area contributed by atoms with Crippen LogP contribution in [0.3, 0.4) is 0 Å². The minimum Gasteiger partial charge on any atom is -0.478 e. The van der Waals surface area contributed by atoms with Gasteiger partial charge in [0.25, 0.3) is 0 Å². The molecule has 8 nitrogen and oxygen atoms in total. The second kappa shape index (κ2) is 12.5. The molecule has 3 aromatic heterocycles. The van der Waals surface area contributed by atoms with Gasteiger partial charge in [-0.25, -0.2) is 23.5 Å². The number of thiophene rings is 1. The van der Waals surface area contributed by atoms with E-state index < -0.39 is 17.6 Å². The minimum absolute atomic E-state index is 0.0131. The van der Waals surface area contributed by atoms with E-state index in [0.29, 0.717) is 42.5 Å². The van der Waals surface area contributed by atoms with Gasteiger partial charge in [0.05, 0.1) is 48.2 Å². The van der Waals surface area contributed by atoms with Crippen LogP contribution in [0.15, 0.2) is 60.7 Å². The Morgan fingerprint density at radius 3 is 2.65 bits per heavy atom. The van der Waals surface area contributed by atoms with Crippen LogP contribution in [0.25, 0.3) is 22.3 Å². The van der Waals surface area contributed by atoms with E-state index in [-0.39, 0.29) is 40.3 Å². The maximum Gasteiger partial charge on any atom is 0.335 e. The summed E-state index contributed by atoms with van der Waals surface area (Å²) in [5, 5.41) is 9.49. The van der Waals surface area contributed by atoms with E-state index in [4.69, 9.17) is 14.2 Å². The van der Waals surface area contributed by atoms with Gasteiger partial charge in [0.1, 0.15) is 24.1 Å². The van der Waals surface area contributed by atoms with E-state index in [0.717, 1.165) is 43.4 Å². The number of carbonyl (C=O) groups is 1. The van der Waals surface area contributed by atoms with Gasteiger partial charge in [0.2, 0.25) is 5.88 Å². The number of hydrogen-bond acceptors (Lipinski definition) is 7. The van der Waals surface area contributed by atoms with Crippen LogP contribution in [0, 0.1) is 17.0 Å². The van der Waals surface area contributed by atoms with Gasteiger partial charge in [-0.15, -0.1) is 11.3 Å². The largest absolute Gasteiger partial charge is 0.478 e. The van der Waals surface area contributed by atoms with Crippen LogP contribution in [0.4, 0.5) is 8.78 Å². The van der Waals surface area contributed by atoms with Crippen molar-refractivity contribution < 1.29 is 32.9 Å². The summed E-state index contributed by atoms with van der Waals surface area (Å²) in [4.78, 5) is 23.1. The number of aromatic nitrogens is 3. The smallest absolute Gasteiger partial charge is 0.335 e. The highest BCUT2D eigenvalue weighted by molar-refractivity contribution is 7.11. The fraction of sp³-hybridized carbons (Fsp3) is 0.343. The van der Waals surface area contributed by atoms with Crippen molar-refractivity contribution in [2.75, 3.05) is 19.8 Å². The van der Waals surface area contributed by atoms with Gasteiger partial charge >= 0.3 is 5.97 Å². The summed E-state index contributed by atoms with van der Waals surface area (Å²) in [6.07, 6.45) is 2.90. The third-order valence-electron chi connectivity index (χ3n) is 8.69. The summed E-state index contributed by atoms with van der Waals surface area (Å²) in [6, 6.07) is 16.2. The Bertz CT molecular complexity index is 1910. The number of fused-ring (bicyclic) bond motifs is 1. The highest BCUT2D eigenvalue weighted by atomic mass is 32.1. The molecule has 0 aliphatic carbocycles. The van der Waals surface area contributed by atoms with E-state index in [9.17, 15) is 9.90 Å². The first-order valence-electron chi connectivity index (χ1n) is 15.3. The number of hydrogen-bond donors (Lipinski definition) is 1. The number of carboxylic acid groups (broad SMARTS) is 1. The van der Waals surface area contributed by atoms with Gasteiger partial charge in [0.15, 0.2) is 0 Å². The van der Waals surface area contributed by atoms with Crippen molar-refractivity contribution in [3.8, 4) is 17.1 Å². The van der Waals surface area contributed by atoms with Crippen molar-refractivity contribution in [1.82, 2.24) is 14.5 Å². The van der Waals surface area contributed by atoms with E-state index in [2.05, 4.69) is 29.0 Å². The number of imidazole rings is 1. The first kappa shape index (κ1) is 30.5. The molecule has 0 bridgehead atoms. The molecular formula is C35H33F2N3O5S. The van der Waals surface area contributed by atoms with Crippen LogP contribution in [-0.2, 0) is 35.5 Å². The standard InChI is InChI=1S/C35H33F2N3O5S/c1-35(19-43-20-35)11-9-24-6-7-25(46-24)18-45-33-4-2-3-29(39-33)26-16-27(36)22(13-28(26)37)15-32-38-30-8-5-21(34(41)42)14-31(30)40(32)17-23-10-12-44-23/h2-8,13-14,16,23H,9-12,15,17-20H2,1H3,(H,41,42)/t23-/m0/s1. The Labute approximate surface area is 268 Å². The number of nitrogens with zero attached hydrogens (tertiary/aromatic N) is 3. The van der Waals surface area contributed by atoms with Crippen molar-refractivity contribution in [3.05, 3.63) is 99.0 Å².